The summed E-state index contributed by atoms with van der Waals surface area (Å²) in [6.07, 6.45) is 83.9. The van der Waals surface area contributed by atoms with Gasteiger partial charge in [-0.15, -0.1) is 0 Å². The van der Waals surface area contributed by atoms with Crippen LogP contribution in [0.1, 0.15) is 400 Å². The van der Waals surface area contributed by atoms with Crippen LogP contribution in [0.25, 0.3) is 0 Å². The summed E-state index contributed by atoms with van der Waals surface area (Å²) in [7, 11) is 0. The first-order chi connectivity index (χ1) is 39.1. The molecule has 0 amide bonds. The van der Waals surface area contributed by atoms with Crippen LogP contribution in [0.3, 0.4) is 0 Å². The van der Waals surface area contributed by atoms with E-state index in [2.05, 4.69) is 64.2 Å². The van der Waals surface area contributed by atoms with Crippen molar-refractivity contribution >= 4 is 23.9 Å². The van der Waals surface area contributed by atoms with Crippen molar-refractivity contribution in [2.75, 3.05) is 0 Å². The lowest BCUT2D eigenvalue weighted by atomic mass is 10.0. The Labute approximate surface area is 497 Å². The summed E-state index contributed by atoms with van der Waals surface area (Å²) in [5.41, 5.74) is 0. The van der Waals surface area contributed by atoms with Gasteiger partial charge in [-0.25, -0.2) is 0 Å². The Morgan fingerprint density at radius 1 is 0.188 bits per heavy atom. The minimum absolute atomic E-state index is 0.332. The topological polar surface area (TPSA) is 149 Å². The van der Waals surface area contributed by atoms with E-state index in [9.17, 15) is 19.2 Å². The number of unbranched alkanes of at least 4 members (excludes halogenated alkanes) is 47. The van der Waals surface area contributed by atoms with Crippen LogP contribution >= 0.6 is 0 Å². The molecule has 0 saturated heterocycles. The van der Waals surface area contributed by atoms with E-state index in [1.165, 1.54) is 295 Å². The number of allylic oxidation sites excluding steroid dienone is 6. The molecule has 0 heterocycles. The third-order valence-electron chi connectivity index (χ3n) is 15.0. The second kappa shape index (κ2) is 80.3. The van der Waals surface area contributed by atoms with Crippen LogP contribution in [0, 0.1) is 0 Å². The summed E-state index contributed by atoms with van der Waals surface area (Å²) in [5.74, 6) is -2.65. The van der Waals surface area contributed by atoms with E-state index in [0.29, 0.717) is 25.7 Å². The molecule has 0 radical (unpaired) electrons. The molecular formula is C72H138O8. The van der Waals surface area contributed by atoms with Gasteiger partial charge in [0.05, 0.1) is 0 Å². The van der Waals surface area contributed by atoms with Gasteiger partial charge in [-0.1, -0.05) is 308 Å². The fourth-order valence-electron chi connectivity index (χ4n) is 9.69. The van der Waals surface area contributed by atoms with Crippen molar-refractivity contribution in [3.8, 4) is 0 Å². The number of rotatable bonds is 61. The Kier molecular flexibility index (Phi) is 83.9. The average Bonchev–Trinajstić information content (AvgIpc) is 3.43. The van der Waals surface area contributed by atoms with Gasteiger partial charge in [-0.05, 0) is 103 Å². The second-order valence-corrected chi connectivity index (χ2v) is 23.3. The Morgan fingerprint density at radius 3 is 0.425 bits per heavy atom. The van der Waals surface area contributed by atoms with Gasteiger partial charge in [-0.3, -0.25) is 19.2 Å². The van der Waals surface area contributed by atoms with Crippen molar-refractivity contribution in [1.82, 2.24) is 0 Å². The van der Waals surface area contributed by atoms with Gasteiger partial charge in [0, 0.05) is 25.7 Å². The van der Waals surface area contributed by atoms with E-state index < -0.39 is 23.9 Å². The molecule has 0 unspecified atom stereocenters. The third kappa shape index (κ3) is 97.3. The molecule has 0 aromatic rings. The van der Waals surface area contributed by atoms with Crippen molar-refractivity contribution in [2.24, 2.45) is 0 Å². The molecular weight excluding hydrogens is 993 g/mol. The lowest BCUT2D eigenvalue weighted by molar-refractivity contribution is -0.138. The summed E-state index contributed by atoms with van der Waals surface area (Å²) in [6.45, 7) is 9.05. The minimum Gasteiger partial charge on any atom is -0.481 e. The highest BCUT2D eigenvalue weighted by atomic mass is 16.4. The molecule has 4 N–H and O–H groups in total. The molecule has 0 aliphatic rings. The minimum atomic E-state index is -0.664. The van der Waals surface area contributed by atoms with E-state index in [-0.39, 0.29) is 0 Å². The summed E-state index contributed by atoms with van der Waals surface area (Å²) >= 11 is 0. The predicted molar refractivity (Wildman–Crippen MR) is 348 cm³/mol. The Balaban J connectivity index is -0.000000481. The molecule has 0 aromatic carbocycles. The molecule has 80 heavy (non-hydrogen) atoms. The molecule has 8 heteroatoms. The molecule has 0 fully saturated rings. The monoisotopic (exact) mass is 1130 g/mol. The van der Waals surface area contributed by atoms with Crippen LogP contribution in [0.4, 0.5) is 0 Å². The molecule has 0 aliphatic heterocycles. The summed E-state index contributed by atoms with van der Waals surface area (Å²) < 4.78 is 0. The molecule has 0 bridgehead atoms. The second-order valence-electron chi connectivity index (χ2n) is 23.3. The zero-order valence-electron chi connectivity index (χ0n) is 53.9. The molecule has 0 saturated carbocycles. The van der Waals surface area contributed by atoms with E-state index in [4.69, 9.17) is 20.4 Å². The van der Waals surface area contributed by atoms with Crippen LogP contribution in [-0.2, 0) is 19.2 Å². The van der Waals surface area contributed by atoms with Crippen LogP contribution in [0.5, 0.6) is 0 Å². The van der Waals surface area contributed by atoms with E-state index in [1.807, 2.05) is 0 Å². The highest BCUT2D eigenvalue weighted by Gasteiger charge is 2.00. The number of aliphatic carboxylic acids is 4. The average molecular weight is 1130 g/mol. The van der Waals surface area contributed by atoms with Gasteiger partial charge >= 0.3 is 23.9 Å². The number of carboxylic acids is 4. The van der Waals surface area contributed by atoms with Gasteiger partial charge in [0.25, 0.3) is 0 Å². The zero-order valence-corrected chi connectivity index (χ0v) is 53.9. The van der Waals surface area contributed by atoms with E-state index in [1.54, 1.807) is 0 Å². The SMILES string of the molecule is CCCCCCCC/C=C\CCCCCCCC(=O)O.CCCCCCCC/C=C\CCCCCCCC(=O)O.CCCCCCCC/C=C\CCCCCCCC(=O)O.CCCCCCCCCCCCCCCCCC(=O)O. The van der Waals surface area contributed by atoms with Gasteiger partial charge in [0.15, 0.2) is 0 Å². The number of carbonyl (C=O) groups is 4. The molecule has 8 nitrogen and oxygen atoms in total. The largest absolute Gasteiger partial charge is 0.481 e. The first kappa shape index (κ1) is 83.6. The highest BCUT2D eigenvalue weighted by Crippen LogP contribution is 2.16. The summed E-state index contributed by atoms with van der Waals surface area (Å²) in [6, 6.07) is 0. The lowest BCUT2D eigenvalue weighted by Gasteiger charge is -2.03. The van der Waals surface area contributed by atoms with Crippen molar-refractivity contribution in [1.29, 1.82) is 0 Å². The van der Waals surface area contributed by atoms with Crippen LogP contribution in [0.2, 0.25) is 0 Å². The Morgan fingerprint density at radius 2 is 0.300 bits per heavy atom. The Bertz CT molecular complexity index is 1170. The quantitative estimate of drug-likeness (QED) is 0.0347. The lowest BCUT2D eigenvalue weighted by Crippen LogP contribution is -1.93. The molecule has 0 spiro atoms. The summed E-state index contributed by atoms with van der Waals surface area (Å²) in [5, 5.41) is 34.0. The van der Waals surface area contributed by atoms with Gasteiger partial charge in [0.2, 0.25) is 0 Å². The maximum atomic E-state index is 10.3. The van der Waals surface area contributed by atoms with E-state index >= 15 is 0 Å². The first-order valence-corrected chi connectivity index (χ1v) is 34.9. The fraction of sp³-hybridized carbons (Fsp3) is 0.861. The zero-order chi connectivity index (χ0) is 59.6. The maximum Gasteiger partial charge on any atom is 0.303 e. The van der Waals surface area contributed by atoms with Crippen molar-refractivity contribution < 1.29 is 39.6 Å². The van der Waals surface area contributed by atoms with Crippen LogP contribution in [-0.4, -0.2) is 44.3 Å². The van der Waals surface area contributed by atoms with Crippen LogP contribution < -0.4 is 0 Å². The Hall–Kier alpha value is -2.90. The maximum absolute atomic E-state index is 10.3. The van der Waals surface area contributed by atoms with Crippen molar-refractivity contribution in [3.63, 3.8) is 0 Å². The normalized spacial score (nSPS) is 11.2. The number of hydrogen-bond acceptors (Lipinski definition) is 4. The van der Waals surface area contributed by atoms with E-state index in [0.717, 1.165) is 51.4 Å². The third-order valence-corrected chi connectivity index (χ3v) is 15.0. The van der Waals surface area contributed by atoms with Gasteiger partial charge in [0.1, 0.15) is 0 Å². The van der Waals surface area contributed by atoms with Crippen molar-refractivity contribution in [2.45, 2.75) is 400 Å². The summed E-state index contributed by atoms with van der Waals surface area (Å²) in [4.78, 5) is 41.3. The molecule has 474 valence electrons. The van der Waals surface area contributed by atoms with Crippen LogP contribution in [0.15, 0.2) is 36.5 Å². The standard InChI is InChI=1S/C18H36O2.3C18H34O2/c4*1-2-3-4-5-6-7-8-9-10-11-12-13-14-15-16-17-18(19)20/h2-17H2,1H3,(H,19,20);3*9-10H,2-8,11-17H2,1H3,(H,19,20)/b;3*10-9-. The fourth-order valence-corrected chi connectivity index (χ4v) is 9.69. The molecule has 0 rings (SSSR count). The molecule has 0 aromatic heterocycles. The highest BCUT2D eigenvalue weighted by molar-refractivity contribution is 5.67. The van der Waals surface area contributed by atoms with Gasteiger partial charge < -0.3 is 20.4 Å². The first-order valence-electron chi connectivity index (χ1n) is 34.9. The smallest absolute Gasteiger partial charge is 0.303 e. The van der Waals surface area contributed by atoms with Crippen molar-refractivity contribution in [3.05, 3.63) is 36.5 Å². The predicted octanol–water partition coefficient (Wildman–Crippen LogP) is 24.7. The molecule has 0 atom stereocenters. The number of carboxylic acid groups (broad SMARTS) is 4. The number of hydrogen-bond donors (Lipinski definition) is 4. The van der Waals surface area contributed by atoms with Gasteiger partial charge in [-0.2, -0.15) is 0 Å². The molecule has 0 aliphatic carbocycles.